The summed E-state index contributed by atoms with van der Waals surface area (Å²) in [5, 5.41) is 3.00. The number of hydrogen-bond donors (Lipinski definition) is 1. The first kappa shape index (κ1) is 19.9. The third-order valence-corrected chi connectivity index (χ3v) is 5.15. The minimum atomic E-state index is -0.0495. The Kier molecular flexibility index (Phi) is 7.06. The van der Waals surface area contributed by atoms with Gasteiger partial charge in [-0.15, -0.1) is 0 Å². The van der Waals surface area contributed by atoms with E-state index in [0.29, 0.717) is 25.1 Å². The second kappa shape index (κ2) is 9.93. The van der Waals surface area contributed by atoms with E-state index in [0.717, 1.165) is 38.0 Å². The minimum absolute atomic E-state index is 0.0495. The molecule has 0 spiro atoms. The minimum Gasteiger partial charge on any atom is -0.372 e. The molecule has 148 valence electrons. The summed E-state index contributed by atoms with van der Waals surface area (Å²) in [6.07, 6.45) is 2.49. The van der Waals surface area contributed by atoms with E-state index >= 15 is 0 Å². The number of amides is 2. The van der Waals surface area contributed by atoms with Crippen molar-refractivity contribution in [2.75, 3.05) is 31.1 Å². The second-order valence-corrected chi connectivity index (χ2v) is 7.14. The average Bonchev–Trinajstić information content (AvgIpc) is 3.13. The number of carbonyl (C=O) groups excluding carboxylic acids is 2. The fourth-order valence-corrected chi connectivity index (χ4v) is 3.54. The normalized spacial score (nSPS) is 13.6. The van der Waals surface area contributed by atoms with Crippen molar-refractivity contribution in [2.24, 2.45) is 0 Å². The van der Waals surface area contributed by atoms with Crippen molar-refractivity contribution >= 4 is 17.5 Å². The Balaban J connectivity index is 1.42. The predicted molar refractivity (Wildman–Crippen MR) is 112 cm³/mol. The van der Waals surface area contributed by atoms with Crippen molar-refractivity contribution in [1.82, 2.24) is 10.2 Å². The molecule has 0 atom stereocenters. The molecule has 0 unspecified atom stereocenters. The first-order chi connectivity index (χ1) is 13.7. The molecule has 5 nitrogen and oxygen atoms in total. The van der Waals surface area contributed by atoms with Crippen LogP contribution in [0.1, 0.15) is 42.1 Å². The predicted octanol–water partition coefficient (Wildman–Crippen LogP) is 3.46. The molecule has 28 heavy (non-hydrogen) atoms. The van der Waals surface area contributed by atoms with Crippen molar-refractivity contribution in [2.45, 2.75) is 32.7 Å². The van der Waals surface area contributed by atoms with Gasteiger partial charge in [0.25, 0.3) is 5.91 Å². The number of carbonyl (C=O) groups is 2. The molecule has 2 amide bonds. The fourth-order valence-electron chi connectivity index (χ4n) is 3.54. The summed E-state index contributed by atoms with van der Waals surface area (Å²) in [7, 11) is 0. The van der Waals surface area contributed by atoms with Gasteiger partial charge in [0.1, 0.15) is 0 Å². The van der Waals surface area contributed by atoms with Crippen molar-refractivity contribution in [3.63, 3.8) is 0 Å². The first-order valence-electron chi connectivity index (χ1n) is 10.1. The van der Waals surface area contributed by atoms with Gasteiger partial charge in [0, 0.05) is 50.4 Å². The highest BCUT2D eigenvalue weighted by atomic mass is 16.2. The Hall–Kier alpha value is -2.82. The van der Waals surface area contributed by atoms with Crippen molar-refractivity contribution in [1.29, 1.82) is 0 Å². The number of hydrogen-bond acceptors (Lipinski definition) is 3. The Morgan fingerprint density at radius 3 is 2.50 bits per heavy atom. The number of nitrogens with zero attached hydrogens (tertiary/aromatic N) is 2. The molecule has 1 aliphatic rings. The number of likely N-dealkylation sites (tertiary alicyclic amines) is 1. The summed E-state index contributed by atoms with van der Waals surface area (Å²) in [4.78, 5) is 28.2. The van der Waals surface area contributed by atoms with Crippen molar-refractivity contribution < 1.29 is 9.59 Å². The summed E-state index contributed by atoms with van der Waals surface area (Å²) >= 11 is 0. The number of anilines is 1. The molecule has 1 saturated heterocycles. The van der Waals surface area contributed by atoms with Crippen LogP contribution in [0.15, 0.2) is 54.6 Å². The summed E-state index contributed by atoms with van der Waals surface area (Å²) in [6, 6.07) is 17.9. The Morgan fingerprint density at radius 1 is 1.11 bits per heavy atom. The third-order valence-electron chi connectivity index (χ3n) is 5.15. The molecule has 1 fully saturated rings. The molecular formula is C23H29N3O2. The van der Waals surface area contributed by atoms with E-state index in [1.54, 1.807) is 0 Å². The quantitative estimate of drug-likeness (QED) is 0.679. The SMILES string of the molecule is CCN(CCCNC(=O)c1ccc(CN2CCCC2=O)cc1)c1ccccc1. The maximum Gasteiger partial charge on any atom is 0.251 e. The van der Waals surface area contributed by atoms with Crippen LogP contribution in [0.5, 0.6) is 0 Å². The molecule has 2 aromatic rings. The molecule has 0 aliphatic carbocycles. The smallest absolute Gasteiger partial charge is 0.251 e. The molecule has 0 saturated carbocycles. The van der Waals surface area contributed by atoms with Gasteiger partial charge in [-0.25, -0.2) is 0 Å². The molecule has 1 heterocycles. The van der Waals surface area contributed by atoms with Crippen LogP contribution in [0.4, 0.5) is 5.69 Å². The van der Waals surface area contributed by atoms with E-state index in [1.165, 1.54) is 5.69 Å². The maximum atomic E-state index is 12.3. The van der Waals surface area contributed by atoms with Crippen LogP contribution in [0.25, 0.3) is 0 Å². The summed E-state index contributed by atoms with van der Waals surface area (Å²) in [5.41, 5.74) is 2.93. The molecular weight excluding hydrogens is 350 g/mol. The van der Waals surface area contributed by atoms with Crippen molar-refractivity contribution in [3.8, 4) is 0 Å². The molecule has 0 radical (unpaired) electrons. The molecule has 1 aliphatic heterocycles. The number of rotatable bonds is 9. The summed E-state index contributed by atoms with van der Waals surface area (Å²) < 4.78 is 0. The zero-order chi connectivity index (χ0) is 19.8. The molecule has 3 rings (SSSR count). The summed E-state index contributed by atoms with van der Waals surface area (Å²) in [6.45, 7) is 6.10. The van der Waals surface area contributed by atoms with Crippen LogP contribution in [0.3, 0.4) is 0 Å². The molecule has 5 heteroatoms. The number of para-hydroxylation sites is 1. The van der Waals surface area contributed by atoms with Gasteiger partial charge in [-0.1, -0.05) is 30.3 Å². The highest BCUT2D eigenvalue weighted by Crippen LogP contribution is 2.15. The van der Waals surface area contributed by atoms with Crippen LogP contribution in [0, 0.1) is 0 Å². The Labute approximate surface area is 167 Å². The maximum absolute atomic E-state index is 12.3. The average molecular weight is 380 g/mol. The monoisotopic (exact) mass is 379 g/mol. The lowest BCUT2D eigenvalue weighted by molar-refractivity contribution is -0.128. The van der Waals surface area contributed by atoms with Crippen LogP contribution < -0.4 is 10.2 Å². The fraction of sp³-hybridized carbons (Fsp3) is 0.391. The Morgan fingerprint density at radius 2 is 1.86 bits per heavy atom. The van der Waals surface area contributed by atoms with Gasteiger partial charge in [-0.2, -0.15) is 0 Å². The lowest BCUT2D eigenvalue weighted by Gasteiger charge is -2.23. The van der Waals surface area contributed by atoms with E-state index in [4.69, 9.17) is 0 Å². The van der Waals surface area contributed by atoms with Gasteiger partial charge >= 0.3 is 0 Å². The molecule has 0 aromatic heterocycles. The second-order valence-electron chi connectivity index (χ2n) is 7.14. The zero-order valence-corrected chi connectivity index (χ0v) is 16.6. The van der Waals surface area contributed by atoms with Crippen LogP contribution in [-0.2, 0) is 11.3 Å². The van der Waals surface area contributed by atoms with Gasteiger partial charge in [0.15, 0.2) is 0 Å². The van der Waals surface area contributed by atoms with Crippen molar-refractivity contribution in [3.05, 3.63) is 65.7 Å². The largest absolute Gasteiger partial charge is 0.372 e. The Bertz CT molecular complexity index is 774. The molecule has 0 bridgehead atoms. The standard InChI is InChI=1S/C23H29N3O2/c1-2-25(21-8-4-3-5-9-21)17-7-15-24-23(28)20-13-11-19(12-14-20)18-26-16-6-10-22(26)27/h3-5,8-9,11-14H,2,6-7,10,15-18H2,1H3,(H,24,28). The van der Waals surface area contributed by atoms with Gasteiger partial charge in [0.05, 0.1) is 0 Å². The lowest BCUT2D eigenvalue weighted by atomic mass is 10.1. The topological polar surface area (TPSA) is 52.7 Å². The first-order valence-corrected chi connectivity index (χ1v) is 10.1. The van der Waals surface area contributed by atoms with E-state index in [-0.39, 0.29) is 11.8 Å². The number of nitrogens with one attached hydrogen (secondary N) is 1. The van der Waals surface area contributed by atoms with Crippen LogP contribution in [0.2, 0.25) is 0 Å². The number of benzene rings is 2. The van der Waals surface area contributed by atoms with E-state index < -0.39 is 0 Å². The summed E-state index contributed by atoms with van der Waals surface area (Å²) in [5.74, 6) is 0.171. The van der Waals surface area contributed by atoms with Gasteiger partial charge in [-0.3, -0.25) is 9.59 Å². The zero-order valence-electron chi connectivity index (χ0n) is 16.6. The molecule has 1 N–H and O–H groups in total. The third kappa shape index (κ3) is 5.35. The van der Waals surface area contributed by atoms with Gasteiger partial charge < -0.3 is 15.1 Å². The highest BCUT2D eigenvalue weighted by molar-refractivity contribution is 5.94. The van der Waals surface area contributed by atoms with Gasteiger partial charge in [0.2, 0.25) is 5.91 Å². The lowest BCUT2D eigenvalue weighted by Crippen LogP contribution is -2.30. The van der Waals surface area contributed by atoms with Crippen LogP contribution >= 0.6 is 0 Å². The van der Waals surface area contributed by atoms with E-state index in [2.05, 4.69) is 29.3 Å². The van der Waals surface area contributed by atoms with E-state index in [1.807, 2.05) is 47.4 Å². The molecule has 2 aromatic carbocycles. The highest BCUT2D eigenvalue weighted by Gasteiger charge is 2.19. The van der Waals surface area contributed by atoms with Gasteiger partial charge in [-0.05, 0) is 49.6 Å². The van der Waals surface area contributed by atoms with Crippen LogP contribution in [-0.4, -0.2) is 42.9 Å². The van der Waals surface area contributed by atoms with E-state index in [9.17, 15) is 9.59 Å².